The molecule has 0 saturated heterocycles. The van der Waals surface area contributed by atoms with E-state index in [9.17, 15) is 5.11 Å². The lowest BCUT2D eigenvalue weighted by Crippen LogP contribution is -2.35. The van der Waals surface area contributed by atoms with Crippen molar-refractivity contribution in [3.63, 3.8) is 0 Å². The molecule has 0 saturated carbocycles. The highest BCUT2D eigenvalue weighted by atomic mass is 16.5. The van der Waals surface area contributed by atoms with Crippen molar-refractivity contribution in [3.8, 4) is 5.75 Å². The molecule has 1 aromatic carbocycles. The van der Waals surface area contributed by atoms with Crippen molar-refractivity contribution in [1.29, 1.82) is 0 Å². The third-order valence-corrected chi connectivity index (χ3v) is 2.86. The summed E-state index contributed by atoms with van der Waals surface area (Å²) in [6.45, 7) is 4.83. The summed E-state index contributed by atoms with van der Waals surface area (Å²) >= 11 is 0. The summed E-state index contributed by atoms with van der Waals surface area (Å²) in [6.07, 6.45) is 0.513. The van der Waals surface area contributed by atoms with Gasteiger partial charge >= 0.3 is 0 Å². The molecule has 1 atom stereocenters. The molecule has 4 heteroatoms. The largest absolute Gasteiger partial charge is 0.491 e. The first-order valence-electron chi connectivity index (χ1n) is 6.87. The van der Waals surface area contributed by atoms with Crippen molar-refractivity contribution in [2.24, 2.45) is 0 Å². The van der Waals surface area contributed by atoms with E-state index in [1.54, 1.807) is 0 Å². The molecule has 0 aliphatic carbocycles. The highest BCUT2D eigenvalue weighted by Gasteiger charge is 2.05. The van der Waals surface area contributed by atoms with Gasteiger partial charge in [-0.25, -0.2) is 0 Å². The fourth-order valence-electron chi connectivity index (χ4n) is 1.68. The van der Waals surface area contributed by atoms with Crippen LogP contribution in [0, 0.1) is 0 Å². The van der Waals surface area contributed by atoms with Gasteiger partial charge < -0.3 is 20.1 Å². The minimum atomic E-state index is -0.479. The quantitative estimate of drug-likeness (QED) is 0.658. The molecule has 108 valence electrons. The number of nitrogens with zero attached hydrogens (tertiary/aromatic N) is 1. The third kappa shape index (κ3) is 7.15. The molecule has 0 amide bonds. The molecule has 2 N–H and O–H groups in total. The molecule has 4 nitrogen and oxygen atoms in total. The second-order valence-corrected chi connectivity index (χ2v) is 4.97. The van der Waals surface area contributed by atoms with E-state index in [1.807, 2.05) is 32.3 Å². The average Bonchev–Trinajstić information content (AvgIpc) is 2.41. The Balaban J connectivity index is 2.20. The molecule has 0 bridgehead atoms. The van der Waals surface area contributed by atoms with Crippen LogP contribution in [0.15, 0.2) is 24.3 Å². The molecule has 0 fully saturated rings. The van der Waals surface area contributed by atoms with E-state index in [2.05, 4.69) is 23.2 Å². The average molecular weight is 266 g/mol. The summed E-state index contributed by atoms with van der Waals surface area (Å²) in [6, 6.07) is 8.00. The predicted molar refractivity (Wildman–Crippen MR) is 78.7 cm³/mol. The Labute approximate surface area is 116 Å². The zero-order chi connectivity index (χ0) is 14.1. The zero-order valence-corrected chi connectivity index (χ0v) is 12.2. The van der Waals surface area contributed by atoms with Gasteiger partial charge in [-0.3, -0.25) is 0 Å². The lowest BCUT2D eigenvalue weighted by molar-refractivity contribution is 0.106. The summed E-state index contributed by atoms with van der Waals surface area (Å²) in [7, 11) is 4.06. The fraction of sp³-hybridized carbons (Fsp3) is 0.600. The number of rotatable bonds is 9. The molecule has 0 aliphatic rings. The highest BCUT2D eigenvalue weighted by molar-refractivity contribution is 5.28. The normalized spacial score (nSPS) is 12.7. The van der Waals surface area contributed by atoms with E-state index >= 15 is 0 Å². The molecule has 0 radical (unpaired) electrons. The number of nitrogens with one attached hydrogen (secondary N) is 1. The molecule has 0 aliphatic heterocycles. The SMILES string of the molecule is CCc1cccc(OCC(O)CNCCN(C)C)c1. The van der Waals surface area contributed by atoms with Gasteiger partial charge in [0.05, 0.1) is 0 Å². The van der Waals surface area contributed by atoms with E-state index in [0.717, 1.165) is 25.3 Å². The van der Waals surface area contributed by atoms with Crippen LogP contribution in [0.25, 0.3) is 0 Å². The van der Waals surface area contributed by atoms with Crippen LogP contribution in [-0.4, -0.2) is 56.4 Å². The Kier molecular flexibility index (Phi) is 7.48. The first-order valence-corrected chi connectivity index (χ1v) is 6.87. The Hall–Kier alpha value is -1.10. The summed E-state index contributed by atoms with van der Waals surface area (Å²) < 4.78 is 5.59. The number of hydrogen-bond acceptors (Lipinski definition) is 4. The first-order chi connectivity index (χ1) is 9.11. The molecule has 1 rings (SSSR count). The van der Waals surface area contributed by atoms with Gasteiger partial charge in [0.25, 0.3) is 0 Å². The maximum absolute atomic E-state index is 9.80. The van der Waals surface area contributed by atoms with Crippen molar-refractivity contribution in [3.05, 3.63) is 29.8 Å². The summed E-state index contributed by atoms with van der Waals surface area (Å²) in [5.41, 5.74) is 1.25. The Morgan fingerprint density at radius 3 is 2.84 bits per heavy atom. The van der Waals surface area contributed by atoms with Crippen LogP contribution in [-0.2, 0) is 6.42 Å². The monoisotopic (exact) mass is 266 g/mol. The van der Waals surface area contributed by atoms with Crippen molar-refractivity contribution < 1.29 is 9.84 Å². The lowest BCUT2D eigenvalue weighted by Gasteiger charge is -2.15. The molecular formula is C15H26N2O2. The minimum absolute atomic E-state index is 0.322. The van der Waals surface area contributed by atoms with Gasteiger partial charge in [0.15, 0.2) is 0 Å². The van der Waals surface area contributed by atoms with Crippen molar-refractivity contribution >= 4 is 0 Å². The number of likely N-dealkylation sites (N-methyl/N-ethyl adjacent to an activating group) is 1. The highest BCUT2D eigenvalue weighted by Crippen LogP contribution is 2.13. The molecule has 0 spiro atoms. The van der Waals surface area contributed by atoms with E-state index in [4.69, 9.17) is 4.74 Å². The summed E-state index contributed by atoms with van der Waals surface area (Å²) in [5, 5.41) is 13.0. The molecule has 1 aromatic rings. The van der Waals surface area contributed by atoms with Crippen LogP contribution in [0.4, 0.5) is 0 Å². The van der Waals surface area contributed by atoms with Gasteiger partial charge in [0.2, 0.25) is 0 Å². The predicted octanol–water partition coefficient (Wildman–Crippen LogP) is 1.14. The number of aliphatic hydroxyl groups excluding tert-OH is 1. The number of benzene rings is 1. The Morgan fingerprint density at radius 2 is 2.16 bits per heavy atom. The van der Waals surface area contributed by atoms with E-state index in [-0.39, 0.29) is 0 Å². The van der Waals surface area contributed by atoms with Gasteiger partial charge in [-0.1, -0.05) is 19.1 Å². The van der Waals surface area contributed by atoms with Crippen LogP contribution in [0.3, 0.4) is 0 Å². The number of aliphatic hydroxyl groups is 1. The van der Waals surface area contributed by atoms with Gasteiger partial charge in [0, 0.05) is 19.6 Å². The van der Waals surface area contributed by atoms with Crippen LogP contribution >= 0.6 is 0 Å². The van der Waals surface area contributed by atoms with Crippen molar-refractivity contribution in [1.82, 2.24) is 10.2 Å². The molecule has 19 heavy (non-hydrogen) atoms. The summed E-state index contributed by atoms with van der Waals surface area (Å²) in [4.78, 5) is 2.10. The van der Waals surface area contributed by atoms with E-state index in [1.165, 1.54) is 5.56 Å². The van der Waals surface area contributed by atoms with Crippen molar-refractivity contribution in [2.75, 3.05) is 40.3 Å². The molecular weight excluding hydrogens is 240 g/mol. The molecule has 1 unspecified atom stereocenters. The van der Waals surface area contributed by atoms with Crippen LogP contribution in [0.5, 0.6) is 5.75 Å². The van der Waals surface area contributed by atoms with Crippen LogP contribution in [0.1, 0.15) is 12.5 Å². The second-order valence-electron chi connectivity index (χ2n) is 4.97. The van der Waals surface area contributed by atoms with Crippen molar-refractivity contribution in [2.45, 2.75) is 19.4 Å². The van der Waals surface area contributed by atoms with E-state index in [0.29, 0.717) is 13.2 Å². The number of aryl methyl sites for hydroxylation is 1. The Bertz CT molecular complexity index is 356. The van der Waals surface area contributed by atoms with Crippen LogP contribution in [0.2, 0.25) is 0 Å². The smallest absolute Gasteiger partial charge is 0.119 e. The van der Waals surface area contributed by atoms with Crippen LogP contribution < -0.4 is 10.1 Å². The van der Waals surface area contributed by atoms with Gasteiger partial charge in [-0.05, 0) is 38.2 Å². The topological polar surface area (TPSA) is 44.7 Å². The maximum atomic E-state index is 9.80. The van der Waals surface area contributed by atoms with Gasteiger partial charge in [-0.2, -0.15) is 0 Å². The maximum Gasteiger partial charge on any atom is 0.119 e. The van der Waals surface area contributed by atoms with E-state index < -0.39 is 6.10 Å². The lowest BCUT2D eigenvalue weighted by atomic mass is 10.2. The van der Waals surface area contributed by atoms with Gasteiger partial charge in [-0.15, -0.1) is 0 Å². The second kappa shape index (κ2) is 8.91. The zero-order valence-electron chi connectivity index (χ0n) is 12.2. The third-order valence-electron chi connectivity index (χ3n) is 2.86. The molecule has 0 heterocycles. The standard InChI is InChI=1S/C15H26N2O2/c1-4-13-6-5-7-15(10-13)19-12-14(18)11-16-8-9-17(2)3/h5-7,10,14,16,18H,4,8-9,11-12H2,1-3H3. The molecule has 0 aromatic heterocycles. The fourth-order valence-corrected chi connectivity index (χ4v) is 1.68. The first kappa shape index (κ1) is 16.0. The Morgan fingerprint density at radius 1 is 1.37 bits per heavy atom. The summed E-state index contributed by atoms with van der Waals surface area (Å²) in [5.74, 6) is 0.826. The van der Waals surface area contributed by atoms with Gasteiger partial charge in [0.1, 0.15) is 18.5 Å². The number of ether oxygens (including phenoxy) is 1. The number of hydrogen-bond donors (Lipinski definition) is 2. The minimum Gasteiger partial charge on any atom is -0.491 e.